The molecule has 5 nitrogen and oxygen atoms in total. The van der Waals surface area contributed by atoms with Crippen molar-refractivity contribution in [2.24, 2.45) is 5.92 Å². The van der Waals surface area contributed by atoms with Crippen molar-refractivity contribution in [3.05, 3.63) is 29.9 Å². The van der Waals surface area contributed by atoms with Gasteiger partial charge >= 0.3 is 5.97 Å². The molecule has 0 radical (unpaired) electrons. The number of esters is 1. The lowest BCUT2D eigenvalue weighted by atomic mass is 9.93. The van der Waals surface area contributed by atoms with Crippen LogP contribution in [0.4, 0.5) is 0 Å². The second kappa shape index (κ2) is 5.61. The molecule has 3 rings (SSSR count). The van der Waals surface area contributed by atoms with Crippen LogP contribution in [0.3, 0.4) is 0 Å². The molecule has 0 bridgehead atoms. The van der Waals surface area contributed by atoms with Crippen molar-refractivity contribution in [3.8, 4) is 10.7 Å². The molecule has 1 aliphatic rings. The minimum atomic E-state index is -0.665. The molecule has 1 aliphatic carbocycles. The molecule has 2 aromatic heterocycles. The van der Waals surface area contributed by atoms with Crippen molar-refractivity contribution in [2.75, 3.05) is 14.2 Å². The summed E-state index contributed by atoms with van der Waals surface area (Å²) in [7, 11) is 3.28. The third-order valence-electron chi connectivity index (χ3n) is 4.15. The van der Waals surface area contributed by atoms with Gasteiger partial charge in [0.2, 0.25) is 0 Å². The van der Waals surface area contributed by atoms with Crippen LogP contribution >= 0.6 is 11.3 Å². The van der Waals surface area contributed by atoms with Gasteiger partial charge in [0.05, 0.1) is 18.5 Å². The summed E-state index contributed by atoms with van der Waals surface area (Å²) in [4.78, 5) is 17.9. The third kappa shape index (κ3) is 2.49. The zero-order valence-corrected chi connectivity index (χ0v) is 13.0. The lowest BCUT2D eigenvalue weighted by Gasteiger charge is -2.31. The van der Waals surface area contributed by atoms with E-state index in [4.69, 9.17) is 4.74 Å². The highest BCUT2D eigenvalue weighted by atomic mass is 32.1. The number of rotatable bonds is 6. The summed E-state index contributed by atoms with van der Waals surface area (Å²) in [6, 6.07) is 4.05. The van der Waals surface area contributed by atoms with E-state index in [1.54, 1.807) is 17.5 Å². The summed E-state index contributed by atoms with van der Waals surface area (Å²) in [5.74, 6) is 1.03. The van der Waals surface area contributed by atoms with Crippen LogP contribution in [-0.4, -0.2) is 35.2 Å². The number of imidazole rings is 1. The van der Waals surface area contributed by atoms with E-state index in [1.807, 2.05) is 35.3 Å². The Bertz CT molecular complexity index is 619. The number of methoxy groups -OCH3 is 1. The first-order chi connectivity index (χ1) is 10.2. The molecule has 0 saturated heterocycles. The molecular formula is C15H19N3O2S. The Balaban J connectivity index is 1.94. The van der Waals surface area contributed by atoms with Crippen molar-refractivity contribution >= 4 is 17.3 Å². The molecule has 1 unspecified atom stereocenters. The number of likely N-dealkylation sites (N-methyl/N-ethyl adjacent to an activating group) is 1. The highest BCUT2D eigenvalue weighted by molar-refractivity contribution is 7.13. The Hall–Kier alpha value is -1.66. The fourth-order valence-electron chi connectivity index (χ4n) is 2.84. The quantitative estimate of drug-likeness (QED) is 0.831. The molecule has 0 aliphatic heterocycles. The molecule has 1 N–H and O–H groups in total. The SMILES string of the molecule is CNC(Cn1ccnc1-c1cccs1)(C(=O)OC)C1CC1. The number of aromatic nitrogens is 2. The molecule has 1 atom stereocenters. The van der Waals surface area contributed by atoms with Gasteiger partial charge in [0.15, 0.2) is 0 Å². The summed E-state index contributed by atoms with van der Waals surface area (Å²) in [6.07, 6.45) is 5.81. The highest BCUT2D eigenvalue weighted by Crippen LogP contribution is 2.41. The molecule has 2 heterocycles. The van der Waals surface area contributed by atoms with Crippen molar-refractivity contribution in [3.63, 3.8) is 0 Å². The van der Waals surface area contributed by atoms with E-state index in [0.717, 1.165) is 23.5 Å². The predicted molar refractivity (Wildman–Crippen MR) is 82.1 cm³/mol. The van der Waals surface area contributed by atoms with Crippen molar-refractivity contribution in [2.45, 2.75) is 24.9 Å². The summed E-state index contributed by atoms with van der Waals surface area (Å²) in [5, 5.41) is 5.25. The summed E-state index contributed by atoms with van der Waals surface area (Å²) >= 11 is 1.65. The van der Waals surface area contributed by atoms with Gasteiger partial charge in [-0.15, -0.1) is 11.3 Å². The van der Waals surface area contributed by atoms with Crippen LogP contribution in [0.5, 0.6) is 0 Å². The molecular weight excluding hydrogens is 286 g/mol. The highest BCUT2D eigenvalue weighted by Gasteiger charge is 2.51. The molecule has 0 spiro atoms. The van der Waals surface area contributed by atoms with E-state index in [2.05, 4.69) is 10.3 Å². The third-order valence-corrected chi connectivity index (χ3v) is 5.01. The Morgan fingerprint density at radius 3 is 3.00 bits per heavy atom. The van der Waals surface area contributed by atoms with Crippen LogP contribution in [0.2, 0.25) is 0 Å². The first-order valence-electron chi connectivity index (χ1n) is 7.03. The van der Waals surface area contributed by atoms with Gasteiger partial charge in [-0.05, 0) is 37.3 Å². The first kappa shape index (κ1) is 14.3. The number of carbonyl (C=O) groups is 1. The van der Waals surface area contributed by atoms with Gasteiger partial charge in [0.25, 0.3) is 0 Å². The number of nitrogens with zero attached hydrogens (tertiary/aromatic N) is 2. The maximum Gasteiger partial charge on any atom is 0.328 e. The first-order valence-corrected chi connectivity index (χ1v) is 7.91. The van der Waals surface area contributed by atoms with E-state index in [0.29, 0.717) is 12.5 Å². The smallest absolute Gasteiger partial charge is 0.328 e. The van der Waals surface area contributed by atoms with Crippen LogP contribution in [0.1, 0.15) is 12.8 Å². The van der Waals surface area contributed by atoms with E-state index in [1.165, 1.54) is 7.11 Å². The van der Waals surface area contributed by atoms with Gasteiger partial charge in [-0.1, -0.05) is 6.07 Å². The van der Waals surface area contributed by atoms with E-state index < -0.39 is 5.54 Å². The van der Waals surface area contributed by atoms with Crippen molar-refractivity contribution in [1.82, 2.24) is 14.9 Å². The number of carbonyl (C=O) groups excluding carboxylic acids is 1. The average molecular weight is 305 g/mol. The zero-order valence-electron chi connectivity index (χ0n) is 12.2. The van der Waals surface area contributed by atoms with Crippen LogP contribution in [0, 0.1) is 5.92 Å². The minimum Gasteiger partial charge on any atom is -0.468 e. The fraction of sp³-hybridized carbons (Fsp3) is 0.467. The van der Waals surface area contributed by atoms with E-state index >= 15 is 0 Å². The van der Waals surface area contributed by atoms with E-state index in [-0.39, 0.29) is 5.97 Å². The monoisotopic (exact) mass is 305 g/mol. The minimum absolute atomic E-state index is 0.196. The Labute approximate surface area is 128 Å². The number of hydrogen-bond acceptors (Lipinski definition) is 5. The predicted octanol–water partition coefficient (Wildman–Crippen LogP) is 2.15. The average Bonchev–Trinajstić information content (AvgIpc) is 3.03. The van der Waals surface area contributed by atoms with Crippen molar-refractivity contribution in [1.29, 1.82) is 0 Å². The van der Waals surface area contributed by atoms with Gasteiger partial charge in [-0.25, -0.2) is 9.78 Å². The fourth-order valence-corrected chi connectivity index (χ4v) is 3.58. The molecule has 0 aromatic carbocycles. The van der Waals surface area contributed by atoms with Crippen LogP contribution in [-0.2, 0) is 16.1 Å². The molecule has 2 aromatic rings. The number of thiophene rings is 1. The van der Waals surface area contributed by atoms with Crippen molar-refractivity contribution < 1.29 is 9.53 Å². The summed E-state index contributed by atoms with van der Waals surface area (Å²) in [5.41, 5.74) is -0.665. The Kier molecular flexibility index (Phi) is 3.82. The molecule has 1 saturated carbocycles. The molecule has 112 valence electrons. The maximum absolute atomic E-state index is 12.4. The van der Waals surface area contributed by atoms with Crippen LogP contribution in [0.15, 0.2) is 29.9 Å². The summed E-state index contributed by atoms with van der Waals surface area (Å²) < 4.78 is 7.09. The zero-order chi connectivity index (χ0) is 14.9. The molecule has 21 heavy (non-hydrogen) atoms. The molecule has 0 amide bonds. The van der Waals surface area contributed by atoms with Crippen LogP contribution in [0.25, 0.3) is 10.7 Å². The molecule has 1 fully saturated rings. The van der Waals surface area contributed by atoms with Gasteiger partial charge in [0, 0.05) is 12.4 Å². The number of nitrogens with one attached hydrogen (secondary N) is 1. The topological polar surface area (TPSA) is 56.2 Å². The Morgan fingerprint density at radius 1 is 1.62 bits per heavy atom. The second-order valence-electron chi connectivity index (χ2n) is 5.34. The van der Waals surface area contributed by atoms with Gasteiger partial charge in [-0.3, -0.25) is 0 Å². The van der Waals surface area contributed by atoms with E-state index in [9.17, 15) is 4.79 Å². The lowest BCUT2D eigenvalue weighted by Crippen LogP contribution is -2.56. The van der Waals surface area contributed by atoms with Gasteiger partial charge in [0.1, 0.15) is 11.4 Å². The number of hydrogen-bond donors (Lipinski definition) is 1. The van der Waals surface area contributed by atoms with Gasteiger partial charge in [-0.2, -0.15) is 0 Å². The second-order valence-corrected chi connectivity index (χ2v) is 6.29. The summed E-state index contributed by atoms with van der Waals surface area (Å²) in [6.45, 7) is 0.536. The normalized spacial score (nSPS) is 17.4. The van der Waals surface area contributed by atoms with Gasteiger partial charge < -0.3 is 14.6 Å². The standard InChI is InChI=1S/C15H19N3O2S/c1-16-15(11-5-6-11,14(19)20-2)10-18-8-7-17-13(18)12-4-3-9-21-12/h3-4,7-9,11,16H,5-6,10H2,1-2H3. The Morgan fingerprint density at radius 2 is 2.43 bits per heavy atom. The number of ether oxygens (including phenoxy) is 1. The molecule has 6 heteroatoms. The maximum atomic E-state index is 12.4. The lowest BCUT2D eigenvalue weighted by molar-refractivity contribution is -0.150. The largest absolute Gasteiger partial charge is 0.468 e. The van der Waals surface area contributed by atoms with Crippen LogP contribution < -0.4 is 5.32 Å².